The molecule has 0 fully saturated rings. The van der Waals surface area contributed by atoms with Gasteiger partial charge in [-0.1, -0.05) is 147 Å². The molecule has 1 aliphatic rings. The summed E-state index contributed by atoms with van der Waals surface area (Å²) in [4.78, 5) is 2.43. The zero-order chi connectivity index (χ0) is 38.1. The first-order valence-electron chi connectivity index (χ1n) is 19.8. The lowest BCUT2D eigenvalue weighted by atomic mass is 9.81. The van der Waals surface area contributed by atoms with Gasteiger partial charge in [-0.15, -0.1) is 0 Å². The van der Waals surface area contributed by atoms with Crippen LogP contribution in [0.15, 0.2) is 158 Å². The van der Waals surface area contributed by atoms with E-state index in [9.17, 15) is 0 Å². The summed E-state index contributed by atoms with van der Waals surface area (Å²) in [5.74, 6) is 0.387. The highest BCUT2D eigenvalue weighted by Gasteiger charge is 2.36. The summed E-state index contributed by atoms with van der Waals surface area (Å²) in [6.07, 6.45) is 6.63. The molecule has 0 N–H and O–H groups in total. The van der Waals surface area contributed by atoms with Gasteiger partial charge in [0.15, 0.2) is 0 Å². The standard InChI is InChI=1S/C54H51N/c1-37-29-38(2)32-47(31-37)55(48-33-39(3)30-40(4)34-48)46-25-28-51-50-27-24-43(35-52(50)54(5,6)53(51)36-46)22-21-41-17-19-42(20-18-41)23-26-49(44-13-9-7-10-14-44)45-15-11-8-12-16-45/h7-22,24-25,27-36,49H,23,26H2,1-6H3. The molecule has 1 heteroatoms. The van der Waals surface area contributed by atoms with E-state index in [1.807, 2.05) is 0 Å². The van der Waals surface area contributed by atoms with Gasteiger partial charge in [-0.05, 0) is 149 Å². The van der Waals surface area contributed by atoms with Gasteiger partial charge in [-0.2, -0.15) is 0 Å². The normalized spacial score (nSPS) is 12.9. The maximum Gasteiger partial charge on any atom is 0.0466 e. The minimum absolute atomic E-state index is 0.139. The second-order valence-corrected chi connectivity index (χ2v) is 16.2. The number of anilines is 3. The van der Waals surface area contributed by atoms with E-state index in [1.165, 1.54) is 89.4 Å². The van der Waals surface area contributed by atoms with E-state index in [0.717, 1.165) is 12.8 Å². The van der Waals surface area contributed by atoms with Gasteiger partial charge in [-0.3, -0.25) is 0 Å². The molecule has 0 atom stereocenters. The second-order valence-electron chi connectivity index (χ2n) is 16.2. The average Bonchev–Trinajstić information content (AvgIpc) is 3.39. The molecule has 8 rings (SSSR count). The van der Waals surface area contributed by atoms with Gasteiger partial charge in [0, 0.05) is 28.4 Å². The van der Waals surface area contributed by atoms with Crippen molar-refractivity contribution in [2.75, 3.05) is 4.90 Å². The van der Waals surface area contributed by atoms with Gasteiger partial charge in [0.1, 0.15) is 0 Å². The summed E-state index contributed by atoms with van der Waals surface area (Å²) in [7, 11) is 0. The van der Waals surface area contributed by atoms with Gasteiger partial charge >= 0.3 is 0 Å². The quantitative estimate of drug-likeness (QED) is 0.128. The molecular formula is C54H51N. The Morgan fingerprint density at radius 1 is 0.473 bits per heavy atom. The molecule has 272 valence electrons. The first-order valence-corrected chi connectivity index (χ1v) is 19.8. The number of hydrogen-bond acceptors (Lipinski definition) is 1. The molecule has 7 aromatic carbocycles. The average molecular weight is 714 g/mol. The Balaban J connectivity index is 1.02. The van der Waals surface area contributed by atoms with Gasteiger partial charge < -0.3 is 4.90 Å². The third kappa shape index (κ3) is 7.58. The van der Waals surface area contributed by atoms with Crippen molar-refractivity contribution in [1.29, 1.82) is 0 Å². The number of fused-ring (bicyclic) bond motifs is 3. The summed E-state index contributed by atoms with van der Waals surface area (Å²) in [6.45, 7) is 13.5. The van der Waals surface area contributed by atoms with E-state index in [4.69, 9.17) is 0 Å². The Hall–Kier alpha value is -5.92. The molecule has 0 unspecified atom stereocenters. The Bertz CT molecular complexity index is 2350. The van der Waals surface area contributed by atoms with Crippen molar-refractivity contribution >= 4 is 29.2 Å². The monoisotopic (exact) mass is 713 g/mol. The van der Waals surface area contributed by atoms with Crippen molar-refractivity contribution in [2.24, 2.45) is 0 Å². The maximum absolute atomic E-state index is 2.43. The fourth-order valence-corrected chi connectivity index (χ4v) is 8.79. The van der Waals surface area contributed by atoms with E-state index in [1.54, 1.807) is 0 Å². The minimum Gasteiger partial charge on any atom is -0.310 e. The lowest BCUT2D eigenvalue weighted by Gasteiger charge is -2.29. The highest BCUT2D eigenvalue weighted by Crippen LogP contribution is 2.51. The highest BCUT2D eigenvalue weighted by atomic mass is 15.1. The highest BCUT2D eigenvalue weighted by molar-refractivity contribution is 5.87. The van der Waals surface area contributed by atoms with E-state index < -0.39 is 0 Å². The van der Waals surface area contributed by atoms with E-state index in [2.05, 4.69) is 216 Å². The van der Waals surface area contributed by atoms with Crippen LogP contribution in [0.3, 0.4) is 0 Å². The van der Waals surface area contributed by atoms with Crippen LogP contribution in [0.5, 0.6) is 0 Å². The fraction of sp³-hybridized carbons (Fsp3) is 0.185. The smallest absolute Gasteiger partial charge is 0.0466 e. The van der Waals surface area contributed by atoms with Crippen molar-refractivity contribution in [2.45, 2.75) is 65.7 Å². The molecule has 0 amide bonds. The third-order valence-electron chi connectivity index (χ3n) is 11.4. The SMILES string of the molecule is Cc1cc(C)cc(N(c2cc(C)cc(C)c2)c2ccc3c(c2)C(C)(C)c2cc(C=Cc4ccc(CCC(c5ccccc5)c5ccccc5)cc4)ccc2-3)c1. The van der Waals surface area contributed by atoms with Gasteiger partial charge in [-0.25, -0.2) is 0 Å². The number of nitrogens with zero attached hydrogens (tertiary/aromatic N) is 1. The number of benzene rings is 7. The van der Waals surface area contributed by atoms with Crippen LogP contribution in [0, 0.1) is 27.7 Å². The molecular weight excluding hydrogens is 663 g/mol. The van der Waals surface area contributed by atoms with Gasteiger partial charge in [0.2, 0.25) is 0 Å². The third-order valence-corrected chi connectivity index (χ3v) is 11.4. The van der Waals surface area contributed by atoms with E-state index in [-0.39, 0.29) is 5.41 Å². The molecule has 0 heterocycles. The van der Waals surface area contributed by atoms with Crippen molar-refractivity contribution in [3.63, 3.8) is 0 Å². The predicted molar refractivity (Wildman–Crippen MR) is 236 cm³/mol. The van der Waals surface area contributed by atoms with Crippen LogP contribution in [-0.4, -0.2) is 0 Å². The molecule has 0 saturated carbocycles. The van der Waals surface area contributed by atoms with Crippen molar-refractivity contribution in [3.8, 4) is 11.1 Å². The van der Waals surface area contributed by atoms with E-state index in [0.29, 0.717) is 5.92 Å². The minimum atomic E-state index is -0.139. The maximum atomic E-state index is 2.43. The summed E-state index contributed by atoms with van der Waals surface area (Å²) < 4.78 is 0. The Morgan fingerprint density at radius 3 is 1.49 bits per heavy atom. The summed E-state index contributed by atoms with van der Waals surface area (Å²) in [6, 6.07) is 58.8. The number of aryl methyl sites for hydroxylation is 5. The van der Waals surface area contributed by atoms with Crippen LogP contribution >= 0.6 is 0 Å². The van der Waals surface area contributed by atoms with Crippen molar-refractivity contribution < 1.29 is 0 Å². The van der Waals surface area contributed by atoms with Crippen molar-refractivity contribution in [1.82, 2.24) is 0 Å². The molecule has 55 heavy (non-hydrogen) atoms. The molecule has 1 nitrogen and oxygen atoms in total. The van der Waals surface area contributed by atoms with Gasteiger partial charge in [0.05, 0.1) is 0 Å². The zero-order valence-corrected chi connectivity index (χ0v) is 33.1. The van der Waals surface area contributed by atoms with Crippen LogP contribution in [0.25, 0.3) is 23.3 Å². The number of rotatable bonds is 10. The van der Waals surface area contributed by atoms with Crippen LogP contribution in [0.4, 0.5) is 17.1 Å². The largest absolute Gasteiger partial charge is 0.310 e. The summed E-state index contributed by atoms with van der Waals surface area (Å²) >= 11 is 0. The fourth-order valence-electron chi connectivity index (χ4n) is 8.79. The molecule has 0 saturated heterocycles. The molecule has 0 aliphatic heterocycles. The number of hydrogen-bond donors (Lipinski definition) is 0. The lowest BCUT2D eigenvalue weighted by Crippen LogP contribution is -2.17. The van der Waals surface area contributed by atoms with Crippen LogP contribution < -0.4 is 4.90 Å². The summed E-state index contributed by atoms with van der Waals surface area (Å²) in [5, 5.41) is 0. The van der Waals surface area contributed by atoms with E-state index >= 15 is 0 Å². The van der Waals surface area contributed by atoms with Crippen LogP contribution in [0.1, 0.15) is 87.4 Å². The Labute approximate surface area is 328 Å². The molecule has 0 radical (unpaired) electrons. The topological polar surface area (TPSA) is 3.24 Å². The molecule has 1 aliphatic carbocycles. The van der Waals surface area contributed by atoms with Crippen LogP contribution in [-0.2, 0) is 11.8 Å². The van der Waals surface area contributed by atoms with Crippen molar-refractivity contribution in [3.05, 3.63) is 219 Å². The van der Waals surface area contributed by atoms with Gasteiger partial charge in [0.25, 0.3) is 0 Å². The zero-order valence-electron chi connectivity index (χ0n) is 33.1. The van der Waals surface area contributed by atoms with Crippen LogP contribution in [0.2, 0.25) is 0 Å². The lowest BCUT2D eigenvalue weighted by molar-refractivity contribution is 0.660. The molecule has 0 aromatic heterocycles. The molecule has 0 spiro atoms. The Kier molecular flexibility index (Phi) is 9.89. The molecule has 0 bridgehead atoms. The second kappa shape index (κ2) is 15.1. The summed E-state index contributed by atoms with van der Waals surface area (Å²) in [5.41, 5.74) is 20.5. The first-order chi connectivity index (χ1) is 26.6. The predicted octanol–water partition coefficient (Wildman–Crippen LogP) is 14.6. The Morgan fingerprint density at radius 2 is 0.945 bits per heavy atom. The molecule has 7 aromatic rings. The first kappa shape index (κ1) is 36.1.